The van der Waals surface area contributed by atoms with Crippen LogP contribution in [0.15, 0.2) is 53.4 Å². The predicted molar refractivity (Wildman–Crippen MR) is 96.8 cm³/mol. The molecule has 24 heavy (non-hydrogen) atoms. The highest BCUT2D eigenvalue weighted by molar-refractivity contribution is 7.90. The zero-order chi connectivity index (χ0) is 18.0. The van der Waals surface area contributed by atoms with Crippen LogP contribution < -0.4 is 5.32 Å². The maximum absolute atomic E-state index is 12.5. The second kappa shape index (κ2) is 6.77. The van der Waals surface area contributed by atoms with E-state index in [2.05, 4.69) is 26.1 Å². The lowest BCUT2D eigenvalue weighted by Crippen LogP contribution is -2.11. The molecule has 2 aromatic rings. The van der Waals surface area contributed by atoms with Gasteiger partial charge in [-0.2, -0.15) is 0 Å². The van der Waals surface area contributed by atoms with Gasteiger partial charge < -0.3 is 5.32 Å². The van der Waals surface area contributed by atoms with Crippen molar-refractivity contribution in [3.05, 3.63) is 59.7 Å². The van der Waals surface area contributed by atoms with Crippen molar-refractivity contribution in [2.45, 2.75) is 43.8 Å². The van der Waals surface area contributed by atoms with Gasteiger partial charge in [0.05, 0.1) is 10.6 Å². The number of hydrogen-bond acceptors (Lipinski definition) is 3. The van der Waals surface area contributed by atoms with Gasteiger partial charge in [-0.25, -0.2) is 8.42 Å². The first kappa shape index (κ1) is 18.2. The summed E-state index contributed by atoms with van der Waals surface area (Å²) in [5.41, 5.74) is 2.55. The number of benzene rings is 2. The Morgan fingerprint density at radius 3 is 1.96 bits per heavy atom. The number of nitrogens with one attached hydrogen (secondary N) is 1. The molecule has 0 saturated carbocycles. The van der Waals surface area contributed by atoms with Crippen molar-refractivity contribution in [1.29, 1.82) is 0 Å². The van der Waals surface area contributed by atoms with Crippen LogP contribution in [0, 0.1) is 0 Å². The molecule has 2 aromatic carbocycles. The first-order valence-corrected chi connectivity index (χ1v) is 9.43. The van der Waals surface area contributed by atoms with Crippen LogP contribution in [0.4, 0.5) is 5.69 Å². The third-order valence-electron chi connectivity index (χ3n) is 3.71. The number of sulfone groups is 1. The highest BCUT2D eigenvalue weighted by Crippen LogP contribution is 2.24. The van der Waals surface area contributed by atoms with Crippen LogP contribution in [0.5, 0.6) is 0 Å². The van der Waals surface area contributed by atoms with Gasteiger partial charge in [0.25, 0.3) is 0 Å². The molecule has 0 radical (unpaired) electrons. The summed E-state index contributed by atoms with van der Waals surface area (Å²) >= 11 is 0. The number of amides is 1. The van der Waals surface area contributed by atoms with Gasteiger partial charge in [0, 0.05) is 12.6 Å². The van der Waals surface area contributed by atoms with E-state index in [9.17, 15) is 13.2 Å². The summed E-state index contributed by atoms with van der Waals surface area (Å²) in [5, 5.41) is 2.62. The minimum Gasteiger partial charge on any atom is -0.326 e. The van der Waals surface area contributed by atoms with Gasteiger partial charge in [0.15, 0.2) is 9.84 Å². The van der Waals surface area contributed by atoms with E-state index >= 15 is 0 Å². The van der Waals surface area contributed by atoms with E-state index in [0.717, 1.165) is 5.56 Å². The number of anilines is 1. The Morgan fingerprint density at radius 1 is 0.958 bits per heavy atom. The zero-order valence-electron chi connectivity index (χ0n) is 14.5. The Kier molecular flexibility index (Phi) is 5.13. The third kappa shape index (κ3) is 4.68. The Morgan fingerprint density at radius 2 is 1.50 bits per heavy atom. The highest BCUT2D eigenvalue weighted by Gasteiger charge is 2.17. The van der Waals surface area contributed by atoms with E-state index in [1.54, 1.807) is 12.1 Å². The molecular formula is C19H23NO3S. The maximum atomic E-state index is 12.5. The molecule has 0 spiro atoms. The lowest BCUT2D eigenvalue weighted by molar-refractivity contribution is -0.114. The number of carbonyl (C=O) groups excluding carboxylic acids is 1. The summed E-state index contributed by atoms with van der Waals surface area (Å²) in [6, 6.07) is 13.9. The van der Waals surface area contributed by atoms with Crippen LogP contribution in [-0.2, 0) is 25.8 Å². The fourth-order valence-corrected chi connectivity index (χ4v) is 3.70. The third-order valence-corrected chi connectivity index (χ3v) is 5.41. The molecule has 0 atom stereocenters. The van der Waals surface area contributed by atoms with Crippen molar-refractivity contribution in [2.24, 2.45) is 0 Å². The summed E-state index contributed by atoms with van der Waals surface area (Å²) in [5.74, 6) is -0.235. The molecule has 0 aliphatic rings. The van der Waals surface area contributed by atoms with Crippen molar-refractivity contribution in [3.8, 4) is 0 Å². The molecule has 5 heteroatoms. The SMILES string of the molecule is CC(=O)Nc1ccc(S(=O)(=O)Cc2ccc(C(C)(C)C)cc2)cc1. The average molecular weight is 345 g/mol. The Bertz CT molecular complexity index is 814. The zero-order valence-corrected chi connectivity index (χ0v) is 15.3. The van der Waals surface area contributed by atoms with Crippen LogP contribution in [0.2, 0.25) is 0 Å². The second-order valence-corrected chi connectivity index (χ2v) is 8.90. The van der Waals surface area contributed by atoms with E-state index in [1.165, 1.54) is 24.6 Å². The molecule has 2 rings (SSSR count). The molecule has 0 saturated heterocycles. The van der Waals surface area contributed by atoms with Gasteiger partial charge in [-0.1, -0.05) is 45.0 Å². The van der Waals surface area contributed by atoms with Crippen molar-refractivity contribution in [1.82, 2.24) is 0 Å². The van der Waals surface area contributed by atoms with Crippen molar-refractivity contribution in [2.75, 3.05) is 5.32 Å². The molecule has 128 valence electrons. The summed E-state index contributed by atoms with van der Waals surface area (Å²) in [4.78, 5) is 11.3. The second-order valence-electron chi connectivity index (χ2n) is 6.91. The minimum absolute atomic E-state index is 0.0386. The number of hydrogen-bond donors (Lipinski definition) is 1. The van der Waals surface area contributed by atoms with E-state index in [1.807, 2.05) is 24.3 Å². The summed E-state index contributed by atoms with van der Waals surface area (Å²) in [7, 11) is -3.42. The molecule has 0 aliphatic carbocycles. The van der Waals surface area contributed by atoms with Crippen LogP contribution in [-0.4, -0.2) is 14.3 Å². The molecule has 0 unspecified atom stereocenters. The first-order valence-electron chi connectivity index (χ1n) is 7.78. The van der Waals surface area contributed by atoms with Crippen LogP contribution in [0.25, 0.3) is 0 Å². The molecule has 0 bridgehead atoms. The normalized spacial score (nSPS) is 12.0. The lowest BCUT2D eigenvalue weighted by atomic mass is 9.87. The first-order chi connectivity index (χ1) is 11.1. The van der Waals surface area contributed by atoms with E-state index in [4.69, 9.17) is 0 Å². The Hall–Kier alpha value is -2.14. The summed E-state index contributed by atoms with van der Waals surface area (Å²) in [6.45, 7) is 7.77. The highest BCUT2D eigenvalue weighted by atomic mass is 32.2. The predicted octanol–water partition coefficient (Wildman–Crippen LogP) is 3.92. The van der Waals surface area contributed by atoms with Gasteiger partial charge in [-0.3, -0.25) is 4.79 Å². The smallest absolute Gasteiger partial charge is 0.221 e. The molecule has 0 aromatic heterocycles. The fraction of sp³-hybridized carbons (Fsp3) is 0.316. The van der Waals surface area contributed by atoms with Gasteiger partial charge in [0.2, 0.25) is 5.91 Å². The average Bonchev–Trinajstić information content (AvgIpc) is 2.46. The summed E-state index contributed by atoms with van der Waals surface area (Å²) in [6.07, 6.45) is 0. The van der Waals surface area contributed by atoms with Crippen LogP contribution in [0.1, 0.15) is 38.8 Å². The van der Waals surface area contributed by atoms with Crippen molar-refractivity contribution in [3.63, 3.8) is 0 Å². The molecule has 1 amide bonds. The van der Waals surface area contributed by atoms with Crippen LogP contribution >= 0.6 is 0 Å². The number of rotatable bonds is 4. The lowest BCUT2D eigenvalue weighted by Gasteiger charge is -2.19. The van der Waals surface area contributed by atoms with Gasteiger partial charge >= 0.3 is 0 Å². The molecular weight excluding hydrogens is 322 g/mol. The van der Waals surface area contributed by atoms with Crippen molar-refractivity contribution < 1.29 is 13.2 Å². The van der Waals surface area contributed by atoms with Crippen molar-refractivity contribution >= 4 is 21.4 Å². The molecule has 1 N–H and O–H groups in total. The Balaban J connectivity index is 2.17. The quantitative estimate of drug-likeness (QED) is 0.913. The Labute approximate surface area is 143 Å². The fourth-order valence-electron chi connectivity index (χ4n) is 2.35. The number of carbonyl (C=O) groups is 1. The topological polar surface area (TPSA) is 63.2 Å². The van der Waals surface area contributed by atoms with E-state index in [-0.39, 0.29) is 22.0 Å². The molecule has 0 heterocycles. The summed E-state index contributed by atoms with van der Waals surface area (Å²) < 4.78 is 25.1. The van der Waals surface area contributed by atoms with Gasteiger partial charge in [-0.15, -0.1) is 0 Å². The molecule has 4 nitrogen and oxygen atoms in total. The van der Waals surface area contributed by atoms with Gasteiger partial charge in [-0.05, 0) is 40.8 Å². The van der Waals surface area contributed by atoms with E-state index < -0.39 is 9.84 Å². The van der Waals surface area contributed by atoms with Crippen LogP contribution in [0.3, 0.4) is 0 Å². The standard InChI is InChI=1S/C19H23NO3S/c1-14(21)20-17-9-11-18(12-10-17)24(22,23)13-15-5-7-16(8-6-15)19(2,3)4/h5-12H,13H2,1-4H3,(H,20,21). The largest absolute Gasteiger partial charge is 0.326 e. The monoisotopic (exact) mass is 345 g/mol. The minimum atomic E-state index is -3.42. The molecule has 0 aliphatic heterocycles. The maximum Gasteiger partial charge on any atom is 0.221 e. The molecule has 0 fully saturated rings. The van der Waals surface area contributed by atoms with E-state index in [0.29, 0.717) is 5.69 Å². The van der Waals surface area contributed by atoms with Gasteiger partial charge in [0.1, 0.15) is 0 Å².